The number of carbonyl (C=O) groups excluding carboxylic acids is 1. The van der Waals surface area contributed by atoms with Crippen LogP contribution in [0.2, 0.25) is 0 Å². The van der Waals surface area contributed by atoms with Crippen LogP contribution in [0.5, 0.6) is 0 Å². The third-order valence-corrected chi connectivity index (χ3v) is 3.46. The fourth-order valence-corrected chi connectivity index (χ4v) is 2.32. The molecular formula is C17H20FN3O. The number of amides is 1. The normalized spacial score (nSPS) is 10.3. The molecule has 4 nitrogen and oxygen atoms in total. The van der Waals surface area contributed by atoms with Crippen molar-refractivity contribution in [3.63, 3.8) is 0 Å². The van der Waals surface area contributed by atoms with Crippen molar-refractivity contribution >= 4 is 23.0 Å². The molecule has 0 aliphatic carbocycles. The molecule has 0 aliphatic rings. The van der Waals surface area contributed by atoms with Crippen LogP contribution in [0.25, 0.3) is 0 Å². The van der Waals surface area contributed by atoms with Crippen LogP contribution in [-0.4, -0.2) is 19.0 Å². The number of hydrogen-bond donors (Lipinski definition) is 2. The monoisotopic (exact) mass is 301 g/mol. The van der Waals surface area contributed by atoms with Gasteiger partial charge in [0.05, 0.1) is 11.4 Å². The van der Waals surface area contributed by atoms with E-state index < -0.39 is 5.82 Å². The largest absolute Gasteiger partial charge is 0.399 e. The zero-order chi connectivity index (χ0) is 16.1. The van der Waals surface area contributed by atoms with Crippen LogP contribution < -0.4 is 16.0 Å². The molecule has 2 aromatic carbocycles. The zero-order valence-electron chi connectivity index (χ0n) is 12.8. The fraction of sp³-hybridized carbons (Fsp3) is 0.235. The third kappa shape index (κ3) is 3.55. The molecule has 2 rings (SSSR count). The molecule has 0 aliphatic heterocycles. The first-order valence-corrected chi connectivity index (χ1v) is 7.26. The minimum absolute atomic E-state index is 0.271. The Bertz CT molecular complexity index is 669. The summed E-state index contributed by atoms with van der Waals surface area (Å²) in [5.41, 5.74) is 8.17. The van der Waals surface area contributed by atoms with Gasteiger partial charge < -0.3 is 16.0 Å². The number of nitrogens with one attached hydrogen (secondary N) is 1. The van der Waals surface area contributed by atoms with Gasteiger partial charge in [0.15, 0.2) is 0 Å². The average Bonchev–Trinajstić information content (AvgIpc) is 2.50. The van der Waals surface area contributed by atoms with E-state index in [2.05, 4.69) is 10.2 Å². The van der Waals surface area contributed by atoms with Gasteiger partial charge in [0.25, 0.3) is 5.91 Å². The Morgan fingerprint density at radius 3 is 2.55 bits per heavy atom. The van der Waals surface area contributed by atoms with Crippen molar-refractivity contribution < 1.29 is 9.18 Å². The molecule has 0 atom stereocenters. The van der Waals surface area contributed by atoms with Crippen molar-refractivity contribution in [2.75, 3.05) is 29.0 Å². The summed E-state index contributed by atoms with van der Waals surface area (Å²) >= 11 is 0. The Balaban J connectivity index is 2.32. The molecule has 116 valence electrons. The van der Waals surface area contributed by atoms with Crippen LogP contribution in [0.3, 0.4) is 0 Å². The Morgan fingerprint density at radius 1 is 1.18 bits per heavy atom. The van der Waals surface area contributed by atoms with Crippen molar-refractivity contribution in [2.45, 2.75) is 13.8 Å². The van der Waals surface area contributed by atoms with Gasteiger partial charge in [-0.3, -0.25) is 4.79 Å². The lowest BCUT2D eigenvalue weighted by atomic mass is 10.1. The minimum atomic E-state index is -0.441. The van der Waals surface area contributed by atoms with Crippen molar-refractivity contribution in [3.8, 4) is 0 Å². The molecule has 0 unspecified atom stereocenters. The highest BCUT2D eigenvalue weighted by Crippen LogP contribution is 2.28. The molecule has 2 aromatic rings. The summed E-state index contributed by atoms with van der Waals surface area (Å²) in [5, 5.41) is 2.82. The average molecular weight is 301 g/mol. The summed E-state index contributed by atoms with van der Waals surface area (Å²) in [6.07, 6.45) is 0. The first-order chi connectivity index (χ1) is 10.5. The lowest BCUT2D eigenvalue weighted by molar-refractivity contribution is 0.102. The predicted molar refractivity (Wildman–Crippen MR) is 88.8 cm³/mol. The standard InChI is InChI=1S/C17H20FN3O/c1-3-21(4-2)16-9-8-14(19)11-15(16)20-17(22)12-6-5-7-13(18)10-12/h5-11H,3-4,19H2,1-2H3,(H,20,22). The molecule has 0 saturated heterocycles. The lowest BCUT2D eigenvalue weighted by Crippen LogP contribution is -2.24. The summed E-state index contributed by atoms with van der Waals surface area (Å²) in [5.74, 6) is -0.803. The van der Waals surface area contributed by atoms with Crippen LogP contribution in [0.15, 0.2) is 42.5 Å². The SMILES string of the molecule is CCN(CC)c1ccc(N)cc1NC(=O)c1cccc(F)c1. The molecule has 0 aromatic heterocycles. The van der Waals surface area contributed by atoms with Crippen molar-refractivity contribution in [2.24, 2.45) is 0 Å². The highest BCUT2D eigenvalue weighted by Gasteiger charge is 2.13. The van der Waals surface area contributed by atoms with Crippen molar-refractivity contribution in [3.05, 3.63) is 53.8 Å². The van der Waals surface area contributed by atoms with E-state index in [1.165, 1.54) is 18.2 Å². The number of anilines is 3. The van der Waals surface area contributed by atoms with E-state index in [9.17, 15) is 9.18 Å². The van der Waals surface area contributed by atoms with Gasteiger partial charge in [-0.25, -0.2) is 4.39 Å². The van der Waals surface area contributed by atoms with Gasteiger partial charge in [-0.1, -0.05) is 6.07 Å². The Hall–Kier alpha value is -2.56. The second-order valence-corrected chi connectivity index (χ2v) is 4.91. The smallest absolute Gasteiger partial charge is 0.255 e. The zero-order valence-corrected chi connectivity index (χ0v) is 12.8. The van der Waals surface area contributed by atoms with Gasteiger partial charge in [-0.2, -0.15) is 0 Å². The second kappa shape index (κ2) is 6.93. The lowest BCUT2D eigenvalue weighted by Gasteiger charge is -2.24. The molecular weight excluding hydrogens is 281 g/mol. The van der Waals surface area contributed by atoms with E-state index in [0.717, 1.165) is 18.8 Å². The van der Waals surface area contributed by atoms with E-state index in [4.69, 9.17) is 5.73 Å². The summed E-state index contributed by atoms with van der Waals surface area (Å²) in [6, 6.07) is 11.0. The number of carbonyl (C=O) groups is 1. The summed E-state index contributed by atoms with van der Waals surface area (Å²) in [7, 11) is 0. The molecule has 0 saturated carbocycles. The molecule has 0 bridgehead atoms. The quantitative estimate of drug-likeness (QED) is 0.831. The van der Waals surface area contributed by atoms with Gasteiger partial charge in [-0.15, -0.1) is 0 Å². The van der Waals surface area contributed by atoms with Crippen LogP contribution >= 0.6 is 0 Å². The van der Waals surface area contributed by atoms with Crippen LogP contribution in [0.4, 0.5) is 21.5 Å². The number of halogens is 1. The summed E-state index contributed by atoms with van der Waals surface area (Å²) in [6.45, 7) is 5.70. The maximum atomic E-state index is 13.2. The van der Waals surface area contributed by atoms with Crippen LogP contribution in [0.1, 0.15) is 24.2 Å². The second-order valence-electron chi connectivity index (χ2n) is 4.91. The predicted octanol–water partition coefficient (Wildman–Crippen LogP) is 3.51. The molecule has 22 heavy (non-hydrogen) atoms. The number of nitrogens with two attached hydrogens (primary N) is 1. The topological polar surface area (TPSA) is 58.4 Å². The number of nitrogens with zero attached hydrogens (tertiary/aromatic N) is 1. The molecule has 0 fully saturated rings. The van der Waals surface area contributed by atoms with Crippen LogP contribution in [-0.2, 0) is 0 Å². The molecule has 0 spiro atoms. The Morgan fingerprint density at radius 2 is 1.91 bits per heavy atom. The molecule has 5 heteroatoms. The van der Waals surface area contributed by atoms with E-state index in [1.807, 2.05) is 19.9 Å². The van der Waals surface area contributed by atoms with Crippen LogP contribution in [0, 0.1) is 5.82 Å². The first-order valence-electron chi connectivity index (χ1n) is 7.26. The van der Waals surface area contributed by atoms with E-state index in [1.54, 1.807) is 18.2 Å². The maximum Gasteiger partial charge on any atom is 0.255 e. The number of nitrogen functional groups attached to an aromatic ring is 1. The third-order valence-electron chi connectivity index (χ3n) is 3.46. The molecule has 0 heterocycles. The first kappa shape index (κ1) is 15.8. The van der Waals surface area contributed by atoms with Gasteiger partial charge in [-0.05, 0) is 50.2 Å². The Kier molecular flexibility index (Phi) is 4.99. The minimum Gasteiger partial charge on any atom is -0.399 e. The highest BCUT2D eigenvalue weighted by molar-refractivity contribution is 6.06. The molecule has 0 radical (unpaired) electrons. The maximum absolute atomic E-state index is 13.2. The van der Waals surface area contributed by atoms with E-state index in [-0.39, 0.29) is 11.5 Å². The Labute approximate surface area is 129 Å². The van der Waals surface area contributed by atoms with Gasteiger partial charge in [0.2, 0.25) is 0 Å². The highest BCUT2D eigenvalue weighted by atomic mass is 19.1. The van der Waals surface area contributed by atoms with E-state index >= 15 is 0 Å². The van der Waals surface area contributed by atoms with Gasteiger partial charge in [0.1, 0.15) is 5.82 Å². The number of rotatable bonds is 5. The molecule has 3 N–H and O–H groups in total. The fourth-order valence-electron chi connectivity index (χ4n) is 2.32. The van der Waals surface area contributed by atoms with Crippen molar-refractivity contribution in [1.82, 2.24) is 0 Å². The van der Waals surface area contributed by atoms with Gasteiger partial charge >= 0.3 is 0 Å². The van der Waals surface area contributed by atoms with Gasteiger partial charge in [0, 0.05) is 24.3 Å². The molecule has 1 amide bonds. The summed E-state index contributed by atoms with van der Waals surface area (Å²) in [4.78, 5) is 14.4. The summed E-state index contributed by atoms with van der Waals surface area (Å²) < 4.78 is 13.2. The van der Waals surface area contributed by atoms with E-state index in [0.29, 0.717) is 11.4 Å². The number of hydrogen-bond acceptors (Lipinski definition) is 3. The number of benzene rings is 2. The van der Waals surface area contributed by atoms with Crippen molar-refractivity contribution in [1.29, 1.82) is 0 Å².